The molecule has 1 aromatic carbocycles. The van der Waals surface area contributed by atoms with Crippen molar-refractivity contribution in [1.82, 2.24) is 9.80 Å². The Morgan fingerprint density at radius 1 is 1.37 bits per heavy atom. The predicted molar refractivity (Wildman–Crippen MR) is 105 cm³/mol. The second-order valence-electron chi connectivity index (χ2n) is 6.59. The van der Waals surface area contributed by atoms with E-state index in [4.69, 9.17) is 4.74 Å². The van der Waals surface area contributed by atoms with E-state index in [1.807, 2.05) is 26.0 Å². The number of nitrogens with zero attached hydrogens (tertiary/aromatic N) is 2. The largest absolute Gasteiger partial charge is 0.478 e. The van der Waals surface area contributed by atoms with Gasteiger partial charge in [-0.05, 0) is 42.0 Å². The zero-order valence-corrected chi connectivity index (χ0v) is 16.5. The molecule has 1 fully saturated rings. The summed E-state index contributed by atoms with van der Waals surface area (Å²) in [7, 11) is 0. The Balaban J connectivity index is 2.02. The second-order valence-corrected chi connectivity index (χ2v) is 7.84. The molecule has 3 rings (SSSR count). The number of morpholine rings is 1. The molecule has 0 radical (unpaired) electrons. The van der Waals surface area contributed by atoms with E-state index in [-0.39, 0.29) is 12.0 Å². The first-order chi connectivity index (χ1) is 13.0. The average Bonchev–Trinajstić information content (AvgIpc) is 2.64. The van der Waals surface area contributed by atoms with Gasteiger partial charge in [-0.3, -0.25) is 4.90 Å². The number of aliphatic carboxylic acids is 1. The van der Waals surface area contributed by atoms with Gasteiger partial charge in [0.15, 0.2) is 0 Å². The summed E-state index contributed by atoms with van der Waals surface area (Å²) in [5.74, 6) is -0.454. The van der Waals surface area contributed by atoms with Gasteiger partial charge in [-0.15, -0.1) is 11.8 Å². The highest BCUT2D eigenvalue weighted by molar-refractivity contribution is 8.03. The smallest absolute Gasteiger partial charge is 0.338 e. The molecule has 2 aliphatic rings. The van der Waals surface area contributed by atoms with Gasteiger partial charge < -0.3 is 14.7 Å². The molecule has 7 heteroatoms. The summed E-state index contributed by atoms with van der Waals surface area (Å²) in [6.07, 6.45) is 1.93. The standard InChI is InChI=1S/C20H25FN2O3S/c1-3-27-19-18(20(24)25)14(2)11-17(22-7-9-26-10-8-22)23(19)13-15-5-4-6-16(21)12-15/h4-6,11-12,17H,3,7-10,13H2,1-2H3,(H,24,25). The van der Waals surface area contributed by atoms with E-state index in [0.717, 1.165) is 35.0 Å². The number of hydrogen-bond donors (Lipinski definition) is 1. The molecule has 0 bridgehead atoms. The molecule has 2 heterocycles. The second kappa shape index (κ2) is 8.91. The molecule has 146 valence electrons. The lowest BCUT2D eigenvalue weighted by molar-refractivity contribution is -0.132. The number of benzene rings is 1. The van der Waals surface area contributed by atoms with Gasteiger partial charge in [-0.25, -0.2) is 9.18 Å². The summed E-state index contributed by atoms with van der Waals surface area (Å²) in [5.41, 5.74) is 1.92. The molecule has 0 saturated carbocycles. The fourth-order valence-corrected chi connectivity index (χ4v) is 4.53. The van der Waals surface area contributed by atoms with Gasteiger partial charge in [-0.2, -0.15) is 0 Å². The van der Waals surface area contributed by atoms with Crippen molar-refractivity contribution in [2.75, 3.05) is 32.1 Å². The zero-order valence-electron chi connectivity index (χ0n) is 15.7. The van der Waals surface area contributed by atoms with E-state index in [2.05, 4.69) is 9.80 Å². The topological polar surface area (TPSA) is 53.0 Å². The zero-order chi connectivity index (χ0) is 19.4. The van der Waals surface area contributed by atoms with E-state index >= 15 is 0 Å². The maximum atomic E-state index is 13.7. The van der Waals surface area contributed by atoms with E-state index in [0.29, 0.717) is 25.3 Å². The fraction of sp³-hybridized carbons (Fsp3) is 0.450. The summed E-state index contributed by atoms with van der Waals surface area (Å²) >= 11 is 1.52. The molecule has 5 nitrogen and oxygen atoms in total. The summed E-state index contributed by atoms with van der Waals surface area (Å²) < 4.78 is 19.2. The molecule has 0 aromatic heterocycles. The van der Waals surface area contributed by atoms with Crippen molar-refractivity contribution in [2.24, 2.45) is 0 Å². The number of thioether (sulfide) groups is 1. The Morgan fingerprint density at radius 3 is 2.74 bits per heavy atom. The highest BCUT2D eigenvalue weighted by atomic mass is 32.2. The van der Waals surface area contributed by atoms with Gasteiger partial charge in [0, 0.05) is 19.6 Å². The molecular formula is C20H25FN2O3S. The van der Waals surface area contributed by atoms with Crippen LogP contribution in [0, 0.1) is 5.82 Å². The van der Waals surface area contributed by atoms with Gasteiger partial charge in [0.1, 0.15) is 12.0 Å². The molecule has 1 atom stereocenters. The monoisotopic (exact) mass is 392 g/mol. The van der Waals surface area contributed by atoms with Crippen LogP contribution in [0.15, 0.2) is 46.5 Å². The Morgan fingerprint density at radius 2 is 2.11 bits per heavy atom. The Hall–Kier alpha value is -1.83. The SMILES string of the molecule is CCSC1=C(C(=O)O)C(C)=CC(N2CCOCC2)N1Cc1cccc(F)c1. The molecule has 1 saturated heterocycles. The van der Waals surface area contributed by atoms with Crippen molar-refractivity contribution >= 4 is 17.7 Å². The first kappa shape index (κ1) is 19.9. The van der Waals surface area contributed by atoms with E-state index in [1.54, 1.807) is 6.07 Å². The van der Waals surface area contributed by atoms with E-state index < -0.39 is 5.97 Å². The Labute approximate surface area is 163 Å². The van der Waals surface area contributed by atoms with Crippen molar-refractivity contribution in [2.45, 2.75) is 26.6 Å². The number of ether oxygens (including phenoxy) is 1. The van der Waals surface area contributed by atoms with Crippen LogP contribution >= 0.6 is 11.8 Å². The minimum atomic E-state index is -0.927. The molecule has 0 spiro atoms. The summed E-state index contributed by atoms with van der Waals surface area (Å²) in [6, 6.07) is 6.49. The maximum Gasteiger partial charge on any atom is 0.338 e. The van der Waals surface area contributed by atoms with Crippen LogP contribution < -0.4 is 0 Å². The van der Waals surface area contributed by atoms with Crippen LogP contribution in [0.25, 0.3) is 0 Å². The number of rotatable bonds is 6. The van der Waals surface area contributed by atoms with Gasteiger partial charge in [-0.1, -0.05) is 19.1 Å². The minimum Gasteiger partial charge on any atom is -0.478 e. The van der Waals surface area contributed by atoms with Crippen LogP contribution in [0.3, 0.4) is 0 Å². The third-order valence-electron chi connectivity index (χ3n) is 4.74. The average molecular weight is 392 g/mol. The molecule has 2 aliphatic heterocycles. The van der Waals surface area contributed by atoms with E-state index in [9.17, 15) is 14.3 Å². The van der Waals surface area contributed by atoms with Crippen molar-refractivity contribution in [3.63, 3.8) is 0 Å². The number of carboxylic acid groups (broad SMARTS) is 1. The van der Waals surface area contributed by atoms with Crippen molar-refractivity contribution < 1.29 is 19.0 Å². The quantitative estimate of drug-likeness (QED) is 0.802. The molecule has 1 aromatic rings. The summed E-state index contributed by atoms with van der Waals surface area (Å²) in [5, 5.41) is 10.5. The van der Waals surface area contributed by atoms with Gasteiger partial charge in [0.2, 0.25) is 0 Å². The predicted octanol–water partition coefficient (Wildman–Crippen LogP) is 3.30. The van der Waals surface area contributed by atoms with Gasteiger partial charge in [0.25, 0.3) is 0 Å². The molecular weight excluding hydrogens is 367 g/mol. The molecule has 0 amide bonds. The van der Waals surface area contributed by atoms with Crippen molar-refractivity contribution in [3.8, 4) is 0 Å². The molecule has 1 N–H and O–H groups in total. The fourth-order valence-electron chi connectivity index (χ4n) is 3.52. The lowest BCUT2D eigenvalue weighted by Crippen LogP contribution is -2.52. The lowest BCUT2D eigenvalue weighted by atomic mass is 10.0. The van der Waals surface area contributed by atoms with Crippen LogP contribution in [0.5, 0.6) is 0 Å². The Bertz CT molecular complexity index is 759. The van der Waals surface area contributed by atoms with Crippen LogP contribution in [0.1, 0.15) is 19.4 Å². The number of carboxylic acids is 1. The van der Waals surface area contributed by atoms with Crippen molar-refractivity contribution in [3.05, 3.63) is 57.9 Å². The molecule has 1 unspecified atom stereocenters. The summed E-state index contributed by atoms with van der Waals surface area (Å²) in [6.45, 7) is 7.18. The van der Waals surface area contributed by atoms with Gasteiger partial charge in [0.05, 0.1) is 23.8 Å². The normalized spacial score (nSPS) is 21.4. The number of halogens is 1. The van der Waals surface area contributed by atoms with Crippen LogP contribution in [0.2, 0.25) is 0 Å². The lowest BCUT2D eigenvalue weighted by Gasteiger charge is -2.44. The first-order valence-corrected chi connectivity index (χ1v) is 10.1. The third kappa shape index (κ3) is 4.54. The summed E-state index contributed by atoms with van der Waals surface area (Å²) in [4.78, 5) is 16.3. The molecule has 27 heavy (non-hydrogen) atoms. The number of hydrogen-bond acceptors (Lipinski definition) is 5. The van der Waals surface area contributed by atoms with Crippen LogP contribution in [0.4, 0.5) is 4.39 Å². The van der Waals surface area contributed by atoms with Crippen LogP contribution in [-0.2, 0) is 16.1 Å². The first-order valence-electron chi connectivity index (χ1n) is 9.13. The van der Waals surface area contributed by atoms with E-state index in [1.165, 1.54) is 23.9 Å². The Kier molecular flexibility index (Phi) is 6.57. The third-order valence-corrected chi connectivity index (χ3v) is 5.74. The van der Waals surface area contributed by atoms with Crippen LogP contribution in [-0.4, -0.2) is 59.1 Å². The highest BCUT2D eigenvalue weighted by Gasteiger charge is 2.34. The molecule has 0 aliphatic carbocycles. The number of carbonyl (C=O) groups is 1. The maximum absolute atomic E-state index is 13.7. The van der Waals surface area contributed by atoms with Crippen molar-refractivity contribution in [1.29, 1.82) is 0 Å². The van der Waals surface area contributed by atoms with Gasteiger partial charge >= 0.3 is 5.97 Å². The highest BCUT2D eigenvalue weighted by Crippen LogP contribution is 2.37. The minimum absolute atomic E-state index is 0.0747.